The van der Waals surface area contributed by atoms with E-state index >= 15 is 0 Å². The highest BCUT2D eigenvalue weighted by Crippen LogP contribution is 2.32. The van der Waals surface area contributed by atoms with Crippen LogP contribution in [-0.4, -0.2) is 59.0 Å². The number of allylic oxidation sites excluding steroid dienone is 2. The number of benzene rings is 1. The summed E-state index contributed by atoms with van der Waals surface area (Å²) in [7, 11) is 0. The Morgan fingerprint density at radius 3 is 2.36 bits per heavy atom. The molecule has 2 aliphatic carbocycles. The number of nitrogens with zero attached hydrogens (tertiary/aromatic N) is 1. The van der Waals surface area contributed by atoms with Crippen LogP contribution in [0.3, 0.4) is 0 Å². The molecule has 0 spiro atoms. The van der Waals surface area contributed by atoms with E-state index in [0.717, 1.165) is 70.4 Å². The highest BCUT2D eigenvalue weighted by molar-refractivity contribution is 5.81. The first-order chi connectivity index (χ1) is 17.2. The number of esters is 1. The maximum atomic E-state index is 12.4. The second-order valence-corrected chi connectivity index (χ2v) is 11.9. The number of amides is 1. The van der Waals surface area contributed by atoms with Crippen molar-refractivity contribution in [3.8, 4) is 5.75 Å². The van der Waals surface area contributed by atoms with Gasteiger partial charge in [-0.25, -0.2) is 0 Å². The average Bonchev–Trinajstić information content (AvgIpc) is 2.84. The van der Waals surface area contributed by atoms with E-state index in [4.69, 9.17) is 9.47 Å². The number of rotatable bonds is 8. The molecule has 0 bridgehead atoms. The number of carbonyl (C=O) groups excluding carboxylic acids is 2. The predicted octanol–water partition coefficient (Wildman–Crippen LogP) is 5.34. The van der Waals surface area contributed by atoms with Gasteiger partial charge >= 0.3 is 5.97 Å². The van der Waals surface area contributed by atoms with E-state index in [1.807, 2.05) is 27.7 Å². The lowest BCUT2D eigenvalue weighted by molar-refractivity contribution is -0.126. The number of piperidine rings is 1. The maximum Gasteiger partial charge on any atom is 0.500 e. The van der Waals surface area contributed by atoms with Crippen LogP contribution in [0, 0.1) is 11.8 Å². The van der Waals surface area contributed by atoms with Crippen molar-refractivity contribution in [1.29, 1.82) is 0 Å². The Bertz CT molecular complexity index is 921. The maximum absolute atomic E-state index is 12.4. The monoisotopic (exact) mass is 497 g/mol. The predicted molar refractivity (Wildman–Crippen MR) is 145 cm³/mol. The first-order valence-electron chi connectivity index (χ1n) is 13.9. The van der Waals surface area contributed by atoms with E-state index in [2.05, 4.69) is 40.6 Å². The summed E-state index contributed by atoms with van der Waals surface area (Å²) in [5.41, 5.74) is 2.18. The summed E-state index contributed by atoms with van der Waals surface area (Å²) in [4.78, 5) is 25.1. The van der Waals surface area contributed by atoms with Crippen molar-refractivity contribution in [2.24, 2.45) is 11.8 Å². The lowest BCUT2D eigenvalue weighted by atomic mass is 9.85. The van der Waals surface area contributed by atoms with Crippen LogP contribution >= 0.6 is 0 Å². The Kier molecular flexibility index (Phi) is 8.76. The van der Waals surface area contributed by atoms with Crippen molar-refractivity contribution in [2.45, 2.75) is 96.7 Å². The number of carbonyl (C=O) groups is 1. The van der Waals surface area contributed by atoms with Gasteiger partial charge < -0.3 is 19.6 Å². The van der Waals surface area contributed by atoms with Crippen molar-refractivity contribution in [3.63, 3.8) is 0 Å². The fraction of sp³-hybridized carbons (Fsp3) is 0.667. The molecule has 1 aromatic rings. The molecule has 1 aromatic carbocycles. The Hall–Kier alpha value is -2.34. The van der Waals surface area contributed by atoms with E-state index in [9.17, 15) is 9.59 Å². The second-order valence-electron chi connectivity index (χ2n) is 11.9. The number of likely N-dealkylation sites (tertiary alicyclic amines) is 1. The van der Waals surface area contributed by atoms with Crippen LogP contribution in [0.15, 0.2) is 30.3 Å². The molecule has 1 unspecified atom stereocenters. The Balaban J connectivity index is 1.18. The lowest BCUT2D eigenvalue weighted by Gasteiger charge is -2.33. The highest BCUT2D eigenvalue weighted by Gasteiger charge is 2.36. The lowest BCUT2D eigenvalue weighted by Crippen LogP contribution is -2.46. The quantitative estimate of drug-likeness (QED) is 0.389. The van der Waals surface area contributed by atoms with E-state index in [0.29, 0.717) is 12.0 Å². The number of hydrogen-bond donors (Lipinski definition) is 1. The first kappa shape index (κ1) is 26.7. The SMILES string of the molecule is C[C@@H](C(=[OH+])OC(C)(C)C)N1CCC(COc2ccc(C3=CCC(C(=O)NC4CCC4)CC3)cc2)CC1. The summed E-state index contributed by atoms with van der Waals surface area (Å²) in [6, 6.07) is 8.76. The van der Waals surface area contributed by atoms with Gasteiger partial charge in [-0.15, -0.1) is 0 Å². The van der Waals surface area contributed by atoms with Gasteiger partial charge in [0.1, 0.15) is 5.75 Å². The Morgan fingerprint density at radius 2 is 1.81 bits per heavy atom. The topological polar surface area (TPSA) is 72.2 Å². The fourth-order valence-electron chi connectivity index (χ4n) is 5.25. The summed E-state index contributed by atoms with van der Waals surface area (Å²) in [6.45, 7) is 10.4. The molecule has 0 aromatic heterocycles. The third-order valence-electron chi connectivity index (χ3n) is 7.91. The average molecular weight is 498 g/mol. The van der Waals surface area contributed by atoms with Crippen molar-refractivity contribution >= 4 is 17.4 Å². The van der Waals surface area contributed by atoms with Crippen molar-refractivity contribution in [2.75, 3.05) is 19.7 Å². The van der Waals surface area contributed by atoms with Gasteiger partial charge in [0, 0.05) is 32.7 Å². The molecule has 36 heavy (non-hydrogen) atoms. The van der Waals surface area contributed by atoms with Gasteiger partial charge in [-0.2, -0.15) is 0 Å². The summed E-state index contributed by atoms with van der Waals surface area (Å²) < 4.78 is 11.8. The van der Waals surface area contributed by atoms with Crippen LogP contribution in [0.4, 0.5) is 0 Å². The molecule has 2 fully saturated rings. The molecule has 2 N–H and O–H groups in total. The van der Waals surface area contributed by atoms with Gasteiger partial charge in [0.05, 0.1) is 6.61 Å². The van der Waals surface area contributed by atoms with Crippen LogP contribution in [0.5, 0.6) is 5.75 Å². The van der Waals surface area contributed by atoms with Crippen molar-refractivity contribution in [1.82, 2.24) is 10.2 Å². The summed E-state index contributed by atoms with van der Waals surface area (Å²) in [5, 5.41) is 3.20. The molecule has 2 atom stereocenters. The van der Waals surface area contributed by atoms with E-state index in [-0.39, 0.29) is 29.4 Å². The summed E-state index contributed by atoms with van der Waals surface area (Å²) in [6.07, 6.45) is 10.6. The molecule has 0 radical (unpaired) electrons. The first-order valence-corrected chi connectivity index (χ1v) is 13.9. The number of hydrogen-bond acceptors (Lipinski definition) is 4. The number of nitrogens with one attached hydrogen (secondary N) is 1. The van der Waals surface area contributed by atoms with Gasteiger partial charge in [0.15, 0.2) is 11.6 Å². The minimum absolute atomic E-state index is 0.0971. The second kappa shape index (κ2) is 11.8. The Morgan fingerprint density at radius 1 is 1.11 bits per heavy atom. The number of ether oxygens (including phenoxy) is 2. The molecule has 1 amide bonds. The minimum atomic E-state index is -0.387. The van der Waals surface area contributed by atoms with Crippen LogP contribution in [0.2, 0.25) is 0 Å². The highest BCUT2D eigenvalue weighted by atomic mass is 16.6. The molecule has 3 aliphatic rings. The van der Waals surface area contributed by atoms with E-state index in [1.54, 1.807) is 0 Å². The van der Waals surface area contributed by atoms with Crippen LogP contribution in [0.1, 0.15) is 84.6 Å². The molecule has 6 nitrogen and oxygen atoms in total. The third kappa shape index (κ3) is 7.34. The summed E-state index contributed by atoms with van der Waals surface area (Å²) >= 11 is 0. The molecule has 6 heteroatoms. The van der Waals surface area contributed by atoms with E-state index < -0.39 is 0 Å². The molecular weight excluding hydrogens is 452 g/mol. The zero-order valence-corrected chi connectivity index (χ0v) is 22.6. The van der Waals surface area contributed by atoms with Crippen molar-refractivity contribution < 1.29 is 19.1 Å². The fourth-order valence-corrected chi connectivity index (χ4v) is 5.25. The molecule has 1 saturated heterocycles. The van der Waals surface area contributed by atoms with Gasteiger partial charge in [-0.1, -0.05) is 18.2 Å². The molecular formula is C30H45N2O4+. The zero-order chi connectivity index (χ0) is 25.7. The van der Waals surface area contributed by atoms with Gasteiger partial charge in [-0.3, -0.25) is 9.69 Å². The largest absolute Gasteiger partial charge is 0.500 e. The van der Waals surface area contributed by atoms with Gasteiger partial charge in [-0.05, 0) is 101 Å². The smallest absolute Gasteiger partial charge is 0.493 e. The zero-order valence-electron chi connectivity index (χ0n) is 22.6. The van der Waals surface area contributed by atoms with Crippen LogP contribution in [-0.2, 0) is 9.53 Å². The van der Waals surface area contributed by atoms with Gasteiger partial charge in [0.25, 0.3) is 0 Å². The van der Waals surface area contributed by atoms with Gasteiger partial charge in [0.2, 0.25) is 5.91 Å². The van der Waals surface area contributed by atoms with Crippen LogP contribution in [0.25, 0.3) is 5.57 Å². The molecule has 1 saturated carbocycles. The van der Waals surface area contributed by atoms with Crippen molar-refractivity contribution in [3.05, 3.63) is 35.9 Å². The Labute approximate surface area is 216 Å². The third-order valence-corrected chi connectivity index (χ3v) is 7.91. The normalized spacial score (nSPS) is 22.8. The van der Waals surface area contributed by atoms with E-state index in [1.165, 1.54) is 17.6 Å². The summed E-state index contributed by atoms with van der Waals surface area (Å²) in [5.74, 6) is 1.90. The minimum Gasteiger partial charge on any atom is -0.493 e. The molecule has 1 heterocycles. The molecule has 198 valence electrons. The molecule has 4 rings (SSSR count). The van der Waals surface area contributed by atoms with Crippen LogP contribution < -0.4 is 10.1 Å². The standard InChI is InChI=1S/C30H44N2O4/c1-21(29(34)36-30(2,3)4)32-18-16-22(17-19-32)20-35-27-14-12-24(13-15-27)23-8-10-25(11-9-23)28(33)31-26-6-5-7-26/h8,12-15,21-22,25-26H,5-7,9-11,16-20H2,1-4H3,(H,31,33)/p+1/t21-,25?/m0/s1. The molecule has 1 aliphatic heterocycles.